The lowest BCUT2D eigenvalue weighted by molar-refractivity contribution is -0.0260. The highest BCUT2D eigenvalue weighted by Crippen LogP contribution is 2.73. The number of fused-ring (bicyclic) bond motifs is 7. The number of carboxylic acids is 1. The van der Waals surface area contributed by atoms with E-state index >= 15 is 0 Å². The first kappa shape index (κ1) is 23.8. The van der Waals surface area contributed by atoms with E-state index in [1.165, 1.54) is 19.3 Å². The molecule has 2 fully saturated rings. The molecule has 37 heavy (non-hydrogen) atoms. The van der Waals surface area contributed by atoms with E-state index in [0.29, 0.717) is 29.2 Å². The molecule has 0 amide bonds. The first-order valence-corrected chi connectivity index (χ1v) is 13.0. The van der Waals surface area contributed by atoms with Crippen molar-refractivity contribution in [3.8, 4) is 11.5 Å². The molecule has 1 heterocycles. The molecule has 1 N–H and O–H groups in total. The van der Waals surface area contributed by atoms with E-state index in [1.807, 2.05) is 48.5 Å². The first-order chi connectivity index (χ1) is 17.6. The monoisotopic (exact) mass is 496 g/mol. The SMILES string of the molecule is CC12CCC(C1)C1(C)Oc3ccc(C(=O)COc4ccc(C(=O)O)c(Cc5ccccc5)c4)cc3C21C. The number of carbonyl (C=O) groups is 2. The molecule has 0 aromatic heterocycles. The van der Waals surface area contributed by atoms with E-state index in [9.17, 15) is 14.7 Å². The zero-order valence-corrected chi connectivity index (χ0v) is 21.5. The van der Waals surface area contributed by atoms with E-state index in [0.717, 1.165) is 16.9 Å². The molecule has 2 saturated carbocycles. The van der Waals surface area contributed by atoms with Crippen LogP contribution >= 0.6 is 0 Å². The summed E-state index contributed by atoms with van der Waals surface area (Å²) in [5.74, 6) is 0.823. The molecule has 4 unspecified atom stereocenters. The summed E-state index contributed by atoms with van der Waals surface area (Å²) in [6, 6.07) is 20.4. The van der Waals surface area contributed by atoms with Crippen LogP contribution in [0.1, 0.15) is 77.4 Å². The number of rotatable bonds is 7. The third-order valence-corrected chi connectivity index (χ3v) is 9.80. The highest BCUT2D eigenvalue weighted by Gasteiger charge is 2.73. The maximum Gasteiger partial charge on any atom is 0.335 e. The van der Waals surface area contributed by atoms with Crippen molar-refractivity contribution in [2.24, 2.45) is 11.3 Å². The topological polar surface area (TPSA) is 72.8 Å². The van der Waals surface area contributed by atoms with Crippen LogP contribution in [0.4, 0.5) is 0 Å². The summed E-state index contributed by atoms with van der Waals surface area (Å²) in [7, 11) is 0. The lowest BCUT2D eigenvalue weighted by Gasteiger charge is -2.48. The Hall–Kier alpha value is -3.60. The standard InChI is InChI=1S/C32H32O5/c1-30-14-13-23(18-30)32(3)31(30,2)26-17-21(9-12-28(26)37-32)27(33)19-36-24-10-11-25(29(34)35)22(16-24)15-20-7-5-4-6-8-20/h4-12,16-17,23H,13-15,18-19H2,1-3H3,(H,34,35). The van der Waals surface area contributed by atoms with Gasteiger partial charge in [0.15, 0.2) is 12.4 Å². The molecule has 2 aliphatic carbocycles. The molecule has 0 radical (unpaired) electrons. The third kappa shape index (κ3) is 3.43. The maximum atomic E-state index is 13.2. The molecule has 6 rings (SSSR count). The highest BCUT2D eigenvalue weighted by molar-refractivity contribution is 5.98. The van der Waals surface area contributed by atoms with Gasteiger partial charge in [0.05, 0.1) is 5.56 Å². The van der Waals surface area contributed by atoms with Crippen molar-refractivity contribution in [2.45, 2.75) is 57.5 Å². The third-order valence-electron chi connectivity index (χ3n) is 9.80. The molecule has 190 valence electrons. The van der Waals surface area contributed by atoms with Gasteiger partial charge in [0.1, 0.15) is 17.1 Å². The molecule has 3 aliphatic rings. The Balaban J connectivity index is 1.22. The van der Waals surface area contributed by atoms with Crippen molar-refractivity contribution in [2.75, 3.05) is 6.61 Å². The van der Waals surface area contributed by atoms with Crippen LogP contribution in [0, 0.1) is 11.3 Å². The van der Waals surface area contributed by atoms with Crippen LogP contribution < -0.4 is 9.47 Å². The molecule has 1 aliphatic heterocycles. The Kier molecular flexibility index (Phi) is 5.27. The Labute approximate surface area is 217 Å². The van der Waals surface area contributed by atoms with Crippen molar-refractivity contribution < 1.29 is 24.2 Å². The number of carboxylic acid groups (broad SMARTS) is 1. The van der Waals surface area contributed by atoms with Crippen molar-refractivity contribution in [3.63, 3.8) is 0 Å². The Bertz CT molecular complexity index is 1410. The quantitative estimate of drug-likeness (QED) is 0.380. The fourth-order valence-corrected chi connectivity index (χ4v) is 7.42. The summed E-state index contributed by atoms with van der Waals surface area (Å²) < 4.78 is 12.5. The fraction of sp³-hybridized carbons (Fsp3) is 0.375. The Morgan fingerprint density at radius 3 is 2.57 bits per heavy atom. The van der Waals surface area contributed by atoms with Gasteiger partial charge >= 0.3 is 5.97 Å². The Morgan fingerprint density at radius 1 is 1.03 bits per heavy atom. The number of ketones is 1. The van der Waals surface area contributed by atoms with Gasteiger partial charge in [0.2, 0.25) is 0 Å². The maximum absolute atomic E-state index is 13.2. The summed E-state index contributed by atoms with van der Waals surface area (Å²) >= 11 is 0. The zero-order valence-electron chi connectivity index (χ0n) is 21.5. The van der Waals surface area contributed by atoms with Gasteiger partial charge in [-0.2, -0.15) is 0 Å². The van der Waals surface area contributed by atoms with E-state index in [2.05, 4.69) is 20.8 Å². The summed E-state index contributed by atoms with van der Waals surface area (Å²) in [6.07, 6.45) is 4.02. The van der Waals surface area contributed by atoms with E-state index in [-0.39, 0.29) is 34.4 Å². The molecule has 0 spiro atoms. The van der Waals surface area contributed by atoms with Crippen LogP contribution in [0.15, 0.2) is 66.7 Å². The number of hydrogen-bond donors (Lipinski definition) is 1. The van der Waals surface area contributed by atoms with Gasteiger partial charge in [-0.1, -0.05) is 44.2 Å². The van der Waals surface area contributed by atoms with Crippen molar-refractivity contribution >= 4 is 11.8 Å². The second-order valence-corrected chi connectivity index (χ2v) is 11.5. The van der Waals surface area contributed by atoms with Gasteiger partial charge in [-0.25, -0.2) is 4.79 Å². The van der Waals surface area contributed by atoms with E-state index < -0.39 is 5.97 Å². The van der Waals surface area contributed by atoms with Crippen molar-refractivity contribution in [1.82, 2.24) is 0 Å². The van der Waals surface area contributed by atoms with Gasteiger partial charge in [-0.3, -0.25) is 4.79 Å². The minimum absolute atomic E-state index is 0.111. The number of carbonyl (C=O) groups excluding carboxylic acids is 1. The van der Waals surface area contributed by atoms with Crippen LogP contribution in [0.3, 0.4) is 0 Å². The smallest absolute Gasteiger partial charge is 0.335 e. The average Bonchev–Trinajstić information content (AvgIpc) is 3.46. The summed E-state index contributed by atoms with van der Waals surface area (Å²) in [4.78, 5) is 25.0. The van der Waals surface area contributed by atoms with Crippen LogP contribution in [0.2, 0.25) is 0 Å². The number of ether oxygens (including phenoxy) is 2. The van der Waals surface area contributed by atoms with Crippen LogP contribution in [-0.2, 0) is 11.8 Å². The largest absolute Gasteiger partial charge is 0.486 e. The summed E-state index contributed by atoms with van der Waals surface area (Å²) in [5.41, 5.74) is 3.44. The normalized spacial score (nSPS) is 28.9. The molecule has 2 bridgehead atoms. The van der Waals surface area contributed by atoms with Gasteiger partial charge in [-0.05, 0) is 91.5 Å². The van der Waals surface area contributed by atoms with Crippen molar-refractivity contribution in [1.29, 1.82) is 0 Å². The molecule has 3 aromatic rings. The number of Topliss-reactive ketones (excluding diaryl/α,β-unsaturated/α-hetero) is 1. The van der Waals surface area contributed by atoms with Crippen LogP contribution in [0.25, 0.3) is 0 Å². The minimum atomic E-state index is -0.983. The lowest BCUT2D eigenvalue weighted by Crippen LogP contribution is -2.54. The van der Waals surface area contributed by atoms with Gasteiger partial charge in [0, 0.05) is 16.5 Å². The second-order valence-electron chi connectivity index (χ2n) is 11.5. The van der Waals surface area contributed by atoms with Gasteiger partial charge in [0.25, 0.3) is 0 Å². The molecule has 3 aromatic carbocycles. The fourth-order valence-electron chi connectivity index (χ4n) is 7.42. The Morgan fingerprint density at radius 2 is 1.81 bits per heavy atom. The number of benzene rings is 3. The first-order valence-electron chi connectivity index (χ1n) is 13.0. The highest BCUT2D eigenvalue weighted by atomic mass is 16.5. The number of hydrogen-bond acceptors (Lipinski definition) is 4. The van der Waals surface area contributed by atoms with Gasteiger partial charge in [-0.15, -0.1) is 0 Å². The predicted octanol–water partition coefficient (Wildman–Crippen LogP) is 6.47. The molecule has 0 saturated heterocycles. The summed E-state index contributed by atoms with van der Waals surface area (Å²) in [5, 5.41) is 9.63. The molecule has 5 heteroatoms. The molecule has 5 nitrogen and oxygen atoms in total. The van der Waals surface area contributed by atoms with Crippen LogP contribution in [0.5, 0.6) is 11.5 Å². The minimum Gasteiger partial charge on any atom is -0.486 e. The van der Waals surface area contributed by atoms with Crippen molar-refractivity contribution in [3.05, 3.63) is 94.5 Å². The van der Waals surface area contributed by atoms with Gasteiger partial charge < -0.3 is 14.6 Å². The zero-order chi connectivity index (χ0) is 26.0. The lowest BCUT2D eigenvalue weighted by atomic mass is 9.56. The average molecular weight is 497 g/mol. The van der Waals surface area contributed by atoms with E-state index in [1.54, 1.807) is 18.2 Å². The molecular formula is C32H32O5. The number of aromatic carboxylic acids is 1. The summed E-state index contributed by atoms with van der Waals surface area (Å²) in [6.45, 7) is 6.83. The predicted molar refractivity (Wildman–Crippen MR) is 141 cm³/mol. The molecular weight excluding hydrogens is 464 g/mol. The molecule has 4 atom stereocenters. The van der Waals surface area contributed by atoms with Crippen LogP contribution in [-0.4, -0.2) is 29.1 Å². The van der Waals surface area contributed by atoms with E-state index in [4.69, 9.17) is 9.47 Å². The second kappa shape index (κ2) is 8.20.